The molecular weight excluding hydrogens is 463 g/mol. The van der Waals surface area contributed by atoms with Crippen LogP contribution in [0.2, 0.25) is 10.2 Å². The molecule has 0 saturated carbocycles. The summed E-state index contributed by atoms with van der Waals surface area (Å²) in [5.41, 5.74) is 1.43. The minimum absolute atomic E-state index is 0.0358. The summed E-state index contributed by atoms with van der Waals surface area (Å²) in [6, 6.07) is 14.0. The number of hydrogen-bond donors (Lipinski definition) is 1. The number of carbonyl (C=O) groups is 1. The number of benzene rings is 2. The lowest BCUT2D eigenvalue weighted by atomic mass is 10.2. The van der Waals surface area contributed by atoms with E-state index in [1.165, 1.54) is 31.5 Å². The fourth-order valence-electron chi connectivity index (χ4n) is 2.60. The van der Waals surface area contributed by atoms with Crippen molar-refractivity contribution < 1.29 is 22.7 Å². The Kier molecular flexibility index (Phi) is 7.50. The molecule has 0 radical (unpaired) electrons. The van der Waals surface area contributed by atoms with Gasteiger partial charge in [0.1, 0.15) is 22.4 Å². The molecule has 31 heavy (non-hydrogen) atoms. The van der Waals surface area contributed by atoms with Gasteiger partial charge in [0.2, 0.25) is 10.0 Å². The van der Waals surface area contributed by atoms with Gasteiger partial charge < -0.3 is 9.47 Å². The average Bonchev–Trinajstić information content (AvgIpc) is 2.77. The van der Waals surface area contributed by atoms with Gasteiger partial charge in [-0.2, -0.15) is 0 Å². The first kappa shape index (κ1) is 23.0. The SMILES string of the molecule is COc1ccc(C(=O)OCc2ccc(Cl)nc2)cc1S(=O)(=O)NCc1ccc(Cl)cc1. The molecule has 10 heteroatoms. The van der Waals surface area contributed by atoms with Crippen molar-refractivity contribution >= 4 is 39.2 Å². The Bertz CT molecular complexity index is 1170. The fourth-order valence-corrected chi connectivity index (χ4v) is 4.04. The highest BCUT2D eigenvalue weighted by molar-refractivity contribution is 7.89. The van der Waals surface area contributed by atoms with Gasteiger partial charge in [0, 0.05) is 23.3 Å². The summed E-state index contributed by atoms with van der Waals surface area (Å²) in [5, 5.41) is 0.875. The Balaban J connectivity index is 1.76. The van der Waals surface area contributed by atoms with Crippen molar-refractivity contribution in [3.63, 3.8) is 0 Å². The summed E-state index contributed by atoms with van der Waals surface area (Å²) in [6.45, 7) is 0.00677. The van der Waals surface area contributed by atoms with E-state index in [4.69, 9.17) is 32.7 Å². The van der Waals surface area contributed by atoms with Gasteiger partial charge >= 0.3 is 5.97 Å². The number of ether oxygens (including phenoxy) is 2. The van der Waals surface area contributed by atoms with Crippen molar-refractivity contribution in [3.05, 3.63) is 87.7 Å². The maximum atomic E-state index is 12.8. The van der Waals surface area contributed by atoms with Gasteiger partial charge in [0.15, 0.2) is 0 Å². The Hall–Kier alpha value is -2.65. The standard InChI is InChI=1S/C21H18Cl2N2O5S/c1-29-18-8-5-16(21(26)30-13-15-4-9-20(23)24-11-15)10-19(18)31(27,28)25-12-14-2-6-17(22)7-3-14/h2-11,25H,12-13H2,1H3. The number of nitrogens with zero attached hydrogens (tertiary/aromatic N) is 1. The second-order valence-corrected chi connectivity index (χ2v) is 8.94. The molecule has 0 atom stereocenters. The molecule has 3 aromatic rings. The zero-order valence-corrected chi connectivity index (χ0v) is 18.7. The van der Waals surface area contributed by atoms with E-state index in [1.54, 1.807) is 36.4 Å². The van der Waals surface area contributed by atoms with Crippen molar-refractivity contribution in [2.45, 2.75) is 18.0 Å². The largest absolute Gasteiger partial charge is 0.495 e. The van der Waals surface area contributed by atoms with Crippen LogP contribution in [0, 0.1) is 0 Å². The summed E-state index contributed by atoms with van der Waals surface area (Å²) in [5.74, 6) is -0.589. The molecule has 0 bridgehead atoms. The lowest BCUT2D eigenvalue weighted by Crippen LogP contribution is -2.24. The number of halogens is 2. The van der Waals surface area contributed by atoms with Crippen LogP contribution in [-0.4, -0.2) is 26.5 Å². The monoisotopic (exact) mass is 480 g/mol. The van der Waals surface area contributed by atoms with Gasteiger partial charge in [0.25, 0.3) is 0 Å². The molecule has 0 aliphatic heterocycles. The van der Waals surface area contributed by atoms with E-state index in [2.05, 4.69) is 9.71 Å². The van der Waals surface area contributed by atoms with E-state index in [0.717, 1.165) is 5.56 Å². The van der Waals surface area contributed by atoms with Gasteiger partial charge in [-0.15, -0.1) is 0 Å². The van der Waals surface area contributed by atoms with E-state index in [9.17, 15) is 13.2 Å². The Morgan fingerprint density at radius 3 is 2.39 bits per heavy atom. The number of esters is 1. The summed E-state index contributed by atoms with van der Waals surface area (Å²) in [7, 11) is -2.63. The topological polar surface area (TPSA) is 94.6 Å². The van der Waals surface area contributed by atoms with Crippen LogP contribution in [-0.2, 0) is 27.9 Å². The highest BCUT2D eigenvalue weighted by Crippen LogP contribution is 2.26. The molecule has 162 valence electrons. The minimum atomic E-state index is -3.98. The first-order chi connectivity index (χ1) is 14.8. The predicted octanol–water partition coefficient (Wildman–Crippen LogP) is 4.23. The van der Waals surface area contributed by atoms with Gasteiger partial charge in [-0.1, -0.05) is 41.4 Å². The molecule has 0 unspecified atom stereocenters. The number of hydrogen-bond acceptors (Lipinski definition) is 6. The highest BCUT2D eigenvalue weighted by atomic mass is 35.5. The smallest absolute Gasteiger partial charge is 0.338 e. The van der Waals surface area contributed by atoms with Crippen LogP contribution in [0.4, 0.5) is 0 Å². The number of carbonyl (C=O) groups excluding carboxylic acids is 1. The van der Waals surface area contributed by atoms with Crippen LogP contribution in [0.15, 0.2) is 65.7 Å². The molecule has 0 aliphatic rings. The second-order valence-electron chi connectivity index (χ2n) is 6.38. The summed E-state index contributed by atoms with van der Waals surface area (Å²) in [4.78, 5) is 16.2. The number of pyridine rings is 1. The van der Waals surface area contributed by atoms with Gasteiger partial charge in [-0.05, 0) is 42.0 Å². The lowest BCUT2D eigenvalue weighted by Gasteiger charge is -2.12. The van der Waals surface area contributed by atoms with Crippen LogP contribution in [0.5, 0.6) is 5.75 Å². The van der Waals surface area contributed by atoms with E-state index >= 15 is 0 Å². The number of aromatic nitrogens is 1. The summed E-state index contributed by atoms with van der Waals surface area (Å²) in [6.07, 6.45) is 1.49. The third-order valence-electron chi connectivity index (χ3n) is 4.23. The number of nitrogens with one attached hydrogen (secondary N) is 1. The molecule has 0 fully saturated rings. The van der Waals surface area contributed by atoms with Crippen LogP contribution in [0.1, 0.15) is 21.5 Å². The Morgan fingerprint density at radius 2 is 1.74 bits per heavy atom. The normalized spacial score (nSPS) is 11.2. The molecular formula is C21H18Cl2N2O5S. The fraction of sp³-hybridized carbons (Fsp3) is 0.143. The molecule has 0 spiro atoms. The summed E-state index contributed by atoms with van der Waals surface area (Å²) >= 11 is 11.6. The van der Waals surface area contributed by atoms with Crippen molar-refractivity contribution in [2.75, 3.05) is 7.11 Å². The lowest BCUT2D eigenvalue weighted by molar-refractivity contribution is 0.0472. The van der Waals surface area contributed by atoms with Crippen LogP contribution in [0.25, 0.3) is 0 Å². The quantitative estimate of drug-likeness (QED) is 0.382. The van der Waals surface area contributed by atoms with E-state index in [1.807, 2.05) is 0 Å². The van der Waals surface area contributed by atoms with Gasteiger partial charge in [0.05, 0.1) is 12.7 Å². The van der Waals surface area contributed by atoms with Gasteiger partial charge in [-0.25, -0.2) is 22.9 Å². The van der Waals surface area contributed by atoms with Crippen molar-refractivity contribution in [1.82, 2.24) is 9.71 Å². The molecule has 7 nitrogen and oxygen atoms in total. The zero-order chi connectivity index (χ0) is 22.4. The summed E-state index contributed by atoms with van der Waals surface area (Å²) < 4.78 is 38.6. The van der Waals surface area contributed by atoms with E-state index < -0.39 is 16.0 Å². The second kappa shape index (κ2) is 10.1. The molecule has 3 rings (SSSR count). The van der Waals surface area contributed by atoms with Crippen molar-refractivity contribution in [2.24, 2.45) is 0 Å². The molecule has 0 aliphatic carbocycles. The molecule has 2 aromatic carbocycles. The van der Waals surface area contributed by atoms with Crippen molar-refractivity contribution in [3.8, 4) is 5.75 Å². The van der Waals surface area contributed by atoms with Gasteiger partial charge in [-0.3, -0.25) is 0 Å². The van der Waals surface area contributed by atoms with Crippen LogP contribution >= 0.6 is 23.2 Å². The first-order valence-corrected chi connectivity index (χ1v) is 11.2. The van der Waals surface area contributed by atoms with Crippen molar-refractivity contribution in [1.29, 1.82) is 0 Å². The molecule has 1 N–H and O–H groups in total. The molecule has 0 amide bonds. The maximum absolute atomic E-state index is 12.8. The third-order valence-corrected chi connectivity index (χ3v) is 6.12. The van der Waals surface area contributed by atoms with Crippen LogP contribution in [0.3, 0.4) is 0 Å². The zero-order valence-electron chi connectivity index (χ0n) is 16.3. The Morgan fingerprint density at radius 1 is 1.03 bits per heavy atom. The number of sulfonamides is 1. The minimum Gasteiger partial charge on any atom is -0.495 e. The van der Waals surface area contributed by atoms with E-state index in [0.29, 0.717) is 15.7 Å². The highest BCUT2D eigenvalue weighted by Gasteiger charge is 2.22. The molecule has 1 aromatic heterocycles. The van der Waals surface area contributed by atoms with E-state index in [-0.39, 0.29) is 29.4 Å². The number of methoxy groups -OCH3 is 1. The predicted molar refractivity (Wildman–Crippen MR) is 117 cm³/mol. The Labute approximate surface area is 190 Å². The average molecular weight is 481 g/mol. The maximum Gasteiger partial charge on any atom is 0.338 e. The first-order valence-electron chi connectivity index (χ1n) is 8.98. The molecule has 1 heterocycles. The third kappa shape index (κ3) is 6.18. The van der Waals surface area contributed by atoms with Crippen LogP contribution < -0.4 is 9.46 Å². The number of rotatable bonds is 8. The molecule has 0 saturated heterocycles.